The maximum absolute atomic E-state index is 13.4. The molecule has 2 rings (SSSR count). The predicted octanol–water partition coefficient (Wildman–Crippen LogP) is 4.16. The van der Waals surface area contributed by atoms with Gasteiger partial charge in [-0.15, -0.1) is 10.2 Å². The van der Waals surface area contributed by atoms with Crippen LogP contribution in [0.5, 0.6) is 0 Å². The van der Waals surface area contributed by atoms with E-state index < -0.39 is 5.82 Å². The Hall–Kier alpha value is -1.12. The van der Waals surface area contributed by atoms with Crippen LogP contribution in [-0.2, 0) is 4.79 Å². The zero-order chi connectivity index (χ0) is 15.9. The van der Waals surface area contributed by atoms with Crippen molar-refractivity contribution in [1.82, 2.24) is 10.2 Å². The second-order valence-corrected chi connectivity index (χ2v) is 8.32. The first kappa shape index (κ1) is 17.2. The molecular weight excluding hydrogens is 341 g/mol. The number of benzene rings is 1. The molecule has 0 unspecified atom stereocenters. The minimum Gasteiger partial charge on any atom is -0.323 e. The van der Waals surface area contributed by atoms with E-state index in [0.29, 0.717) is 5.92 Å². The second kappa shape index (κ2) is 8.50. The normalized spacial score (nSPS) is 10.9. The molecule has 0 atom stereocenters. The van der Waals surface area contributed by atoms with E-state index in [4.69, 9.17) is 0 Å². The third-order valence-electron chi connectivity index (χ3n) is 2.40. The van der Waals surface area contributed by atoms with Crippen LogP contribution in [0.25, 0.3) is 0 Å². The average Bonchev–Trinajstić information content (AvgIpc) is 2.93. The van der Waals surface area contributed by atoms with Gasteiger partial charge in [0, 0.05) is 5.75 Å². The molecule has 0 aliphatic heterocycles. The van der Waals surface area contributed by atoms with Crippen molar-refractivity contribution in [2.45, 2.75) is 22.5 Å². The molecule has 0 aliphatic rings. The van der Waals surface area contributed by atoms with Crippen LogP contribution in [0, 0.1) is 11.7 Å². The highest BCUT2D eigenvalue weighted by Crippen LogP contribution is 2.29. The van der Waals surface area contributed by atoms with Gasteiger partial charge in [0.1, 0.15) is 5.82 Å². The smallest absolute Gasteiger partial charge is 0.234 e. The predicted molar refractivity (Wildman–Crippen MR) is 91.2 cm³/mol. The van der Waals surface area contributed by atoms with Crippen LogP contribution in [-0.4, -0.2) is 27.6 Å². The Balaban J connectivity index is 1.80. The van der Waals surface area contributed by atoms with Crippen molar-refractivity contribution in [1.29, 1.82) is 0 Å². The van der Waals surface area contributed by atoms with Crippen LogP contribution in [0.2, 0.25) is 0 Å². The Kier molecular flexibility index (Phi) is 6.66. The maximum atomic E-state index is 13.4. The summed E-state index contributed by atoms with van der Waals surface area (Å²) < 4.78 is 15.1. The van der Waals surface area contributed by atoms with Crippen LogP contribution >= 0.6 is 34.9 Å². The first-order chi connectivity index (χ1) is 10.5. The monoisotopic (exact) mass is 357 g/mol. The molecule has 8 heteroatoms. The molecule has 0 spiro atoms. The summed E-state index contributed by atoms with van der Waals surface area (Å²) in [5.74, 6) is 1.06. The standard InChI is InChI=1S/C14H16FN3OS3/c1-9(2)7-20-13-17-18-14(22-13)21-8-12(19)16-11-6-4-3-5-10(11)15/h3-6,9H,7-8H2,1-2H3,(H,16,19). The zero-order valence-corrected chi connectivity index (χ0v) is 14.7. The summed E-state index contributed by atoms with van der Waals surface area (Å²) in [6, 6.07) is 6.10. The summed E-state index contributed by atoms with van der Waals surface area (Å²) in [5.41, 5.74) is 0.193. The minimum atomic E-state index is -0.441. The number of hydrogen-bond acceptors (Lipinski definition) is 6. The number of nitrogens with zero attached hydrogens (tertiary/aromatic N) is 2. The van der Waals surface area contributed by atoms with Crippen molar-refractivity contribution in [3.05, 3.63) is 30.1 Å². The second-order valence-electron chi connectivity index (χ2n) is 4.86. The number of para-hydroxylation sites is 1. The number of hydrogen-bond donors (Lipinski definition) is 1. The van der Waals surface area contributed by atoms with E-state index in [2.05, 4.69) is 29.4 Å². The number of thioether (sulfide) groups is 2. The fraction of sp³-hybridized carbons (Fsp3) is 0.357. The van der Waals surface area contributed by atoms with Crippen LogP contribution in [0.3, 0.4) is 0 Å². The molecule has 2 aromatic rings. The van der Waals surface area contributed by atoms with E-state index in [1.807, 2.05) is 0 Å². The van der Waals surface area contributed by atoms with Crippen molar-refractivity contribution in [3.8, 4) is 0 Å². The van der Waals surface area contributed by atoms with Gasteiger partial charge in [-0.3, -0.25) is 4.79 Å². The fourth-order valence-electron chi connectivity index (χ4n) is 1.43. The highest BCUT2D eigenvalue weighted by Gasteiger charge is 2.10. The number of amides is 1. The van der Waals surface area contributed by atoms with Gasteiger partial charge in [0.2, 0.25) is 5.91 Å². The van der Waals surface area contributed by atoms with Gasteiger partial charge in [-0.1, -0.05) is 60.8 Å². The van der Waals surface area contributed by atoms with Crippen LogP contribution in [0.1, 0.15) is 13.8 Å². The van der Waals surface area contributed by atoms with E-state index in [1.54, 1.807) is 23.9 Å². The van der Waals surface area contributed by atoms with Gasteiger partial charge in [-0.05, 0) is 18.1 Å². The molecule has 0 radical (unpaired) electrons. The van der Waals surface area contributed by atoms with Gasteiger partial charge >= 0.3 is 0 Å². The molecule has 4 nitrogen and oxygen atoms in total. The molecule has 0 fully saturated rings. The van der Waals surface area contributed by atoms with Crippen molar-refractivity contribution >= 4 is 46.5 Å². The van der Waals surface area contributed by atoms with Gasteiger partial charge in [0.15, 0.2) is 8.68 Å². The molecule has 0 aliphatic carbocycles. The fourth-order valence-corrected chi connectivity index (χ4v) is 4.22. The molecule has 1 amide bonds. The van der Waals surface area contributed by atoms with Gasteiger partial charge in [0.05, 0.1) is 11.4 Å². The number of halogens is 1. The van der Waals surface area contributed by atoms with E-state index >= 15 is 0 Å². The first-order valence-corrected chi connectivity index (χ1v) is 9.47. The molecule has 1 heterocycles. The molecule has 1 aromatic heterocycles. The largest absolute Gasteiger partial charge is 0.323 e. The molecular formula is C14H16FN3OS3. The van der Waals surface area contributed by atoms with Crippen LogP contribution in [0.15, 0.2) is 32.9 Å². The Morgan fingerprint density at radius 1 is 1.27 bits per heavy atom. The lowest BCUT2D eigenvalue weighted by molar-refractivity contribution is -0.113. The Morgan fingerprint density at radius 3 is 2.64 bits per heavy atom. The lowest BCUT2D eigenvalue weighted by Gasteiger charge is -2.04. The highest BCUT2D eigenvalue weighted by atomic mass is 32.2. The number of anilines is 1. The van der Waals surface area contributed by atoms with Crippen molar-refractivity contribution in [2.24, 2.45) is 5.92 Å². The van der Waals surface area contributed by atoms with Crippen molar-refractivity contribution in [2.75, 3.05) is 16.8 Å². The molecule has 1 aromatic carbocycles. The summed E-state index contributed by atoms with van der Waals surface area (Å²) in [6.45, 7) is 4.30. The highest BCUT2D eigenvalue weighted by molar-refractivity contribution is 8.03. The van der Waals surface area contributed by atoms with E-state index in [9.17, 15) is 9.18 Å². The Morgan fingerprint density at radius 2 is 1.95 bits per heavy atom. The van der Waals surface area contributed by atoms with Gasteiger partial charge in [-0.2, -0.15) is 0 Å². The molecule has 1 N–H and O–H groups in total. The number of carbonyl (C=O) groups excluding carboxylic acids is 1. The molecule has 22 heavy (non-hydrogen) atoms. The summed E-state index contributed by atoms with van der Waals surface area (Å²) in [6.07, 6.45) is 0. The minimum absolute atomic E-state index is 0.178. The van der Waals surface area contributed by atoms with E-state index in [1.165, 1.54) is 35.2 Å². The summed E-state index contributed by atoms with van der Waals surface area (Å²) in [4.78, 5) is 11.8. The summed E-state index contributed by atoms with van der Waals surface area (Å²) >= 11 is 4.45. The molecule has 0 saturated carbocycles. The first-order valence-electron chi connectivity index (χ1n) is 6.68. The van der Waals surface area contributed by atoms with Gasteiger partial charge in [0.25, 0.3) is 0 Å². The molecule has 0 bridgehead atoms. The number of rotatable bonds is 7. The lowest BCUT2D eigenvalue weighted by Crippen LogP contribution is -2.14. The molecule has 0 saturated heterocycles. The topological polar surface area (TPSA) is 54.9 Å². The third-order valence-corrected chi connectivity index (χ3v) is 6.02. The SMILES string of the molecule is CC(C)CSc1nnc(SCC(=O)Nc2ccccc2F)s1. The van der Waals surface area contributed by atoms with Crippen molar-refractivity contribution < 1.29 is 9.18 Å². The van der Waals surface area contributed by atoms with Crippen molar-refractivity contribution in [3.63, 3.8) is 0 Å². The Bertz CT molecular complexity index is 633. The number of nitrogens with one attached hydrogen (secondary N) is 1. The summed E-state index contributed by atoms with van der Waals surface area (Å²) in [7, 11) is 0. The lowest BCUT2D eigenvalue weighted by atomic mass is 10.3. The van der Waals surface area contributed by atoms with E-state index in [0.717, 1.165) is 14.4 Å². The number of carbonyl (C=O) groups is 1. The van der Waals surface area contributed by atoms with Gasteiger partial charge in [-0.25, -0.2) is 4.39 Å². The number of aromatic nitrogens is 2. The quantitative estimate of drug-likeness (QED) is 0.754. The van der Waals surface area contributed by atoms with Crippen LogP contribution in [0.4, 0.5) is 10.1 Å². The Labute approximate surface area is 141 Å². The van der Waals surface area contributed by atoms with Crippen LogP contribution < -0.4 is 5.32 Å². The third kappa shape index (κ3) is 5.58. The van der Waals surface area contributed by atoms with Gasteiger partial charge < -0.3 is 5.32 Å². The maximum Gasteiger partial charge on any atom is 0.234 e. The molecule has 118 valence electrons. The zero-order valence-electron chi connectivity index (χ0n) is 12.2. The van der Waals surface area contributed by atoms with E-state index in [-0.39, 0.29) is 17.3 Å². The summed E-state index contributed by atoms with van der Waals surface area (Å²) in [5, 5.41) is 10.7. The average molecular weight is 358 g/mol.